The van der Waals surface area contributed by atoms with Gasteiger partial charge in [0, 0.05) is 12.0 Å². The van der Waals surface area contributed by atoms with E-state index in [0.29, 0.717) is 5.66 Å². The van der Waals surface area contributed by atoms with Crippen molar-refractivity contribution in [2.75, 3.05) is 0 Å². The van der Waals surface area contributed by atoms with Crippen LogP contribution in [0.25, 0.3) is 11.1 Å². The van der Waals surface area contributed by atoms with Crippen molar-refractivity contribution in [2.45, 2.75) is 5.66 Å². The van der Waals surface area contributed by atoms with Gasteiger partial charge in [-0.3, -0.25) is 0 Å². The highest BCUT2D eigenvalue weighted by molar-refractivity contribution is 8.78. The Labute approximate surface area is 107 Å². The summed E-state index contributed by atoms with van der Waals surface area (Å²) >= 11 is 9.14. The van der Waals surface area contributed by atoms with E-state index in [1.165, 1.54) is 22.3 Å². The van der Waals surface area contributed by atoms with Gasteiger partial charge in [0.05, 0.1) is 0 Å². The first-order valence-corrected chi connectivity index (χ1v) is 8.86. The fourth-order valence-corrected chi connectivity index (χ4v) is 4.82. The van der Waals surface area contributed by atoms with Gasteiger partial charge in [-0.25, -0.2) is 0 Å². The van der Waals surface area contributed by atoms with Crippen LogP contribution >= 0.6 is 30.8 Å². The molecule has 0 saturated carbocycles. The van der Waals surface area contributed by atoms with Crippen LogP contribution in [0, 0.1) is 0 Å². The minimum Gasteiger partial charge on any atom is -0.139 e. The summed E-state index contributed by atoms with van der Waals surface area (Å²) in [7, 11) is 0. The lowest BCUT2D eigenvalue weighted by molar-refractivity contribution is 1.22. The van der Waals surface area contributed by atoms with E-state index in [1.54, 1.807) is 0 Å². The topological polar surface area (TPSA) is 0 Å². The zero-order valence-electron chi connectivity index (χ0n) is 8.54. The largest absolute Gasteiger partial charge is 0.139 e. The van der Waals surface area contributed by atoms with E-state index >= 15 is 0 Å². The molecule has 1 aliphatic rings. The molecule has 1 aliphatic carbocycles. The molecule has 0 radical (unpaired) electrons. The Kier molecular flexibility index (Phi) is 2.75. The Morgan fingerprint density at radius 2 is 1.19 bits per heavy atom. The fraction of sp³-hybridized carbons (Fsp3) is 0.0769. The molecule has 0 unspecified atom stereocenters. The SMILES string of the molecule is SP(S)C1c2ccccc2-c2ccccc21. The van der Waals surface area contributed by atoms with E-state index in [-0.39, 0.29) is 0 Å². The van der Waals surface area contributed by atoms with Crippen molar-refractivity contribution < 1.29 is 0 Å². The van der Waals surface area contributed by atoms with Crippen molar-refractivity contribution >= 4 is 30.8 Å². The molecule has 0 aromatic heterocycles. The molecular formula is C13H11PS2. The maximum atomic E-state index is 4.57. The normalized spacial score (nSPS) is 13.9. The molecule has 3 rings (SSSR count). The van der Waals surface area contributed by atoms with Crippen molar-refractivity contribution in [2.24, 2.45) is 0 Å². The van der Waals surface area contributed by atoms with E-state index in [9.17, 15) is 0 Å². The smallest absolute Gasteiger partial charge is 0.0483 e. The molecule has 0 fully saturated rings. The van der Waals surface area contributed by atoms with E-state index < -0.39 is 6.33 Å². The van der Waals surface area contributed by atoms with Crippen LogP contribution in [0.5, 0.6) is 0 Å². The van der Waals surface area contributed by atoms with Gasteiger partial charge in [-0.2, -0.15) is 0 Å². The molecule has 0 atom stereocenters. The Bertz CT molecular complexity index is 491. The van der Waals surface area contributed by atoms with E-state index in [4.69, 9.17) is 0 Å². The summed E-state index contributed by atoms with van der Waals surface area (Å²) in [5.41, 5.74) is 5.81. The zero-order chi connectivity index (χ0) is 11.1. The van der Waals surface area contributed by atoms with Gasteiger partial charge >= 0.3 is 0 Å². The predicted molar refractivity (Wildman–Crippen MR) is 78.6 cm³/mol. The number of rotatable bonds is 1. The monoisotopic (exact) mass is 262 g/mol. The first-order valence-electron chi connectivity index (χ1n) is 5.14. The van der Waals surface area contributed by atoms with Crippen molar-refractivity contribution in [3.63, 3.8) is 0 Å². The Hall–Kier alpha value is -0.430. The lowest BCUT2D eigenvalue weighted by Gasteiger charge is -2.15. The van der Waals surface area contributed by atoms with Crippen LogP contribution in [0.3, 0.4) is 0 Å². The van der Waals surface area contributed by atoms with Gasteiger partial charge in [-0.1, -0.05) is 48.5 Å². The molecule has 80 valence electrons. The first-order chi connectivity index (χ1) is 7.79. The summed E-state index contributed by atoms with van der Waals surface area (Å²) in [4.78, 5) is 0. The van der Waals surface area contributed by atoms with Gasteiger partial charge in [0.2, 0.25) is 0 Å². The highest BCUT2D eigenvalue weighted by Gasteiger charge is 2.30. The molecule has 2 aromatic carbocycles. The summed E-state index contributed by atoms with van der Waals surface area (Å²) in [5.74, 6) is 0. The molecule has 3 heteroatoms. The molecule has 0 aliphatic heterocycles. The van der Waals surface area contributed by atoms with E-state index in [0.717, 1.165) is 0 Å². The molecule has 0 spiro atoms. The van der Waals surface area contributed by atoms with Gasteiger partial charge < -0.3 is 0 Å². The molecule has 2 aromatic rings. The summed E-state index contributed by atoms with van der Waals surface area (Å²) < 4.78 is 0. The quantitative estimate of drug-likeness (QED) is 0.528. The summed E-state index contributed by atoms with van der Waals surface area (Å²) in [5, 5.41) is 0. The first kappa shape index (κ1) is 10.7. The average molecular weight is 262 g/mol. The second-order valence-corrected chi connectivity index (χ2v) is 8.59. The molecule has 0 heterocycles. The molecule has 0 amide bonds. The van der Waals surface area contributed by atoms with Gasteiger partial charge in [-0.15, -0.1) is 24.5 Å². The van der Waals surface area contributed by atoms with Crippen LogP contribution in [0.15, 0.2) is 48.5 Å². The van der Waals surface area contributed by atoms with Crippen LogP contribution in [0.2, 0.25) is 0 Å². The van der Waals surface area contributed by atoms with Crippen molar-refractivity contribution in [1.82, 2.24) is 0 Å². The molecular weight excluding hydrogens is 251 g/mol. The van der Waals surface area contributed by atoms with Crippen LogP contribution < -0.4 is 0 Å². The third-order valence-corrected chi connectivity index (χ3v) is 5.44. The Morgan fingerprint density at radius 3 is 1.62 bits per heavy atom. The minimum atomic E-state index is -0.586. The van der Waals surface area contributed by atoms with Gasteiger partial charge in [-0.05, 0) is 22.3 Å². The lowest BCUT2D eigenvalue weighted by Crippen LogP contribution is -1.88. The number of fused-ring (bicyclic) bond motifs is 3. The molecule has 0 N–H and O–H groups in total. The number of thiol groups is 2. The fourth-order valence-electron chi connectivity index (χ4n) is 2.38. The summed E-state index contributed by atoms with van der Waals surface area (Å²) in [6, 6.07) is 17.2. The van der Waals surface area contributed by atoms with Crippen molar-refractivity contribution in [3.05, 3.63) is 59.7 Å². The number of benzene rings is 2. The molecule has 0 saturated heterocycles. The number of hydrogen-bond acceptors (Lipinski definition) is 2. The number of hydrogen-bond donors (Lipinski definition) is 2. The Balaban J connectivity index is 2.30. The average Bonchev–Trinajstić information content (AvgIpc) is 2.63. The lowest BCUT2D eigenvalue weighted by atomic mass is 10.1. The van der Waals surface area contributed by atoms with Crippen molar-refractivity contribution in [1.29, 1.82) is 0 Å². The highest BCUT2D eigenvalue weighted by atomic mass is 33.1. The summed E-state index contributed by atoms with van der Waals surface area (Å²) in [6.07, 6.45) is -0.586. The third-order valence-electron chi connectivity index (χ3n) is 3.03. The van der Waals surface area contributed by atoms with Crippen LogP contribution in [-0.2, 0) is 0 Å². The van der Waals surface area contributed by atoms with Crippen LogP contribution in [-0.4, -0.2) is 0 Å². The molecule has 0 nitrogen and oxygen atoms in total. The standard InChI is InChI=1S/C13H11PS2/c15-14(16)13-11-7-3-1-5-9(11)10-6-2-4-8-12(10)13/h1-8,13,15-16H. The van der Waals surface area contributed by atoms with Gasteiger partial charge in [0.25, 0.3) is 0 Å². The van der Waals surface area contributed by atoms with E-state index in [2.05, 4.69) is 73.0 Å². The minimum absolute atomic E-state index is 0.370. The Morgan fingerprint density at radius 1 is 0.750 bits per heavy atom. The van der Waals surface area contributed by atoms with Gasteiger partial charge in [0.1, 0.15) is 0 Å². The highest BCUT2D eigenvalue weighted by Crippen LogP contribution is 2.66. The van der Waals surface area contributed by atoms with E-state index in [1.807, 2.05) is 0 Å². The molecule has 16 heavy (non-hydrogen) atoms. The maximum Gasteiger partial charge on any atom is 0.0483 e. The third kappa shape index (κ3) is 1.52. The van der Waals surface area contributed by atoms with Crippen molar-refractivity contribution in [3.8, 4) is 11.1 Å². The maximum absolute atomic E-state index is 4.57. The van der Waals surface area contributed by atoms with Gasteiger partial charge in [0.15, 0.2) is 0 Å². The zero-order valence-corrected chi connectivity index (χ0v) is 11.2. The van der Waals surface area contributed by atoms with Crippen LogP contribution in [0.1, 0.15) is 16.8 Å². The second-order valence-electron chi connectivity index (χ2n) is 3.90. The van der Waals surface area contributed by atoms with Crippen LogP contribution in [0.4, 0.5) is 0 Å². The molecule has 0 bridgehead atoms. The second kappa shape index (κ2) is 4.10. The predicted octanol–water partition coefficient (Wildman–Crippen LogP) is 4.93. The summed E-state index contributed by atoms with van der Waals surface area (Å²) in [6.45, 7) is 0.